The number of rotatable bonds is 8. The molecule has 0 aliphatic carbocycles. The third-order valence-corrected chi connectivity index (χ3v) is 5.56. The molecule has 6 nitrogen and oxygen atoms in total. The van der Waals surface area contributed by atoms with Crippen molar-refractivity contribution in [2.24, 2.45) is 0 Å². The topological polar surface area (TPSA) is 62.8 Å². The van der Waals surface area contributed by atoms with Crippen molar-refractivity contribution in [2.45, 2.75) is 12.5 Å². The van der Waals surface area contributed by atoms with Crippen LogP contribution in [0.15, 0.2) is 36.4 Å². The van der Waals surface area contributed by atoms with Gasteiger partial charge in [0.2, 0.25) is 0 Å². The van der Waals surface area contributed by atoms with Crippen molar-refractivity contribution in [3.63, 3.8) is 0 Å². The molecular weight excluding hydrogens is 425 g/mol. The molecular formula is C22H27Cl2N3O3. The van der Waals surface area contributed by atoms with E-state index in [2.05, 4.69) is 28.6 Å². The van der Waals surface area contributed by atoms with Crippen molar-refractivity contribution in [2.75, 3.05) is 52.4 Å². The summed E-state index contributed by atoms with van der Waals surface area (Å²) in [5.74, 6) is 0.119. The summed E-state index contributed by atoms with van der Waals surface area (Å²) in [6, 6.07) is 11.4. The van der Waals surface area contributed by atoms with E-state index in [0.717, 1.165) is 35.5 Å². The Morgan fingerprint density at radius 1 is 1.20 bits per heavy atom. The molecule has 8 heteroatoms. The van der Waals surface area contributed by atoms with Crippen LogP contribution in [-0.2, 0) is 16.0 Å². The van der Waals surface area contributed by atoms with Gasteiger partial charge in [-0.15, -0.1) is 0 Å². The number of anilines is 1. The molecule has 30 heavy (non-hydrogen) atoms. The minimum atomic E-state index is -0.269. The van der Waals surface area contributed by atoms with Crippen molar-refractivity contribution in [3.8, 4) is 0 Å². The van der Waals surface area contributed by atoms with Crippen molar-refractivity contribution >= 4 is 34.9 Å². The molecule has 2 N–H and O–H groups in total. The summed E-state index contributed by atoms with van der Waals surface area (Å²) in [6.07, 6.45) is 0. The smallest absolute Gasteiger partial charge is 0.319 e. The Morgan fingerprint density at radius 3 is 2.83 bits per heavy atom. The third kappa shape index (κ3) is 6.09. The zero-order valence-corrected chi connectivity index (χ0v) is 18.7. The Labute approximate surface area is 187 Å². The van der Waals surface area contributed by atoms with Crippen LogP contribution in [0.3, 0.4) is 0 Å². The quantitative estimate of drug-likeness (QED) is 0.585. The number of urea groups is 1. The predicted molar refractivity (Wildman–Crippen MR) is 121 cm³/mol. The fraction of sp³-hybridized carbons (Fsp3) is 0.409. The molecule has 1 heterocycles. The van der Waals surface area contributed by atoms with E-state index in [1.807, 2.05) is 24.3 Å². The first kappa shape index (κ1) is 22.8. The molecule has 2 aromatic carbocycles. The van der Waals surface area contributed by atoms with Crippen LogP contribution < -0.4 is 10.6 Å². The lowest BCUT2D eigenvalue weighted by atomic mass is 9.84. The van der Waals surface area contributed by atoms with Crippen LogP contribution in [0.2, 0.25) is 10.0 Å². The van der Waals surface area contributed by atoms with Crippen LogP contribution in [0.25, 0.3) is 0 Å². The van der Waals surface area contributed by atoms with Gasteiger partial charge in [0.05, 0.1) is 19.8 Å². The van der Waals surface area contributed by atoms with Gasteiger partial charge in [0, 0.05) is 48.4 Å². The number of hydrogen-bond acceptors (Lipinski definition) is 4. The highest BCUT2D eigenvalue weighted by Gasteiger charge is 2.27. The van der Waals surface area contributed by atoms with Gasteiger partial charge >= 0.3 is 6.03 Å². The predicted octanol–water partition coefficient (Wildman–Crippen LogP) is 4.36. The maximum absolute atomic E-state index is 12.2. The van der Waals surface area contributed by atoms with Gasteiger partial charge in [0.15, 0.2) is 0 Å². The first-order chi connectivity index (χ1) is 14.5. The van der Waals surface area contributed by atoms with E-state index >= 15 is 0 Å². The maximum atomic E-state index is 12.2. The molecule has 162 valence electrons. The lowest BCUT2D eigenvalue weighted by Crippen LogP contribution is -2.32. The molecule has 0 saturated heterocycles. The minimum Gasteiger partial charge on any atom is -0.382 e. The SMILES string of the molecule is COCCOCCNC(=O)Nc1cccc(C2CN(C)Cc3c(Cl)cc(Cl)cc32)c1. The van der Waals surface area contributed by atoms with Gasteiger partial charge in [-0.25, -0.2) is 4.79 Å². The van der Waals surface area contributed by atoms with E-state index in [4.69, 9.17) is 32.7 Å². The van der Waals surface area contributed by atoms with E-state index in [0.29, 0.717) is 36.4 Å². The summed E-state index contributed by atoms with van der Waals surface area (Å²) in [7, 11) is 3.70. The fourth-order valence-electron chi connectivity index (χ4n) is 3.62. The van der Waals surface area contributed by atoms with E-state index in [-0.39, 0.29) is 11.9 Å². The summed E-state index contributed by atoms with van der Waals surface area (Å²) in [4.78, 5) is 14.4. The van der Waals surface area contributed by atoms with Crippen molar-refractivity contribution in [3.05, 3.63) is 63.1 Å². The van der Waals surface area contributed by atoms with Gasteiger partial charge in [0.25, 0.3) is 0 Å². The molecule has 0 radical (unpaired) electrons. The Kier molecular flexibility index (Phi) is 8.36. The maximum Gasteiger partial charge on any atom is 0.319 e. The molecule has 2 amide bonds. The van der Waals surface area contributed by atoms with Gasteiger partial charge in [-0.05, 0) is 48.0 Å². The number of likely N-dealkylation sites (N-methyl/N-ethyl adjacent to an activating group) is 1. The molecule has 0 aromatic heterocycles. The molecule has 0 bridgehead atoms. The van der Waals surface area contributed by atoms with Gasteiger partial charge in [0.1, 0.15) is 0 Å². The average Bonchev–Trinajstić information content (AvgIpc) is 2.71. The van der Waals surface area contributed by atoms with Crippen LogP contribution in [0, 0.1) is 0 Å². The lowest BCUT2D eigenvalue weighted by molar-refractivity contribution is 0.0728. The van der Waals surface area contributed by atoms with Gasteiger partial charge < -0.3 is 25.0 Å². The van der Waals surface area contributed by atoms with Gasteiger partial charge in [-0.1, -0.05) is 35.3 Å². The molecule has 2 aromatic rings. The molecule has 1 aliphatic rings. The number of nitrogens with one attached hydrogen (secondary N) is 2. The lowest BCUT2D eigenvalue weighted by Gasteiger charge is -2.33. The van der Waals surface area contributed by atoms with E-state index in [1.165, 1.54) is 0 Å². The standard InChI is InChI=1S/C22H27Cl2N3O3/c1-27-13-19(18-11-16(23)12-21(24)20(18)14-27)15-4-3-5-17(10-15)26-22(28)25-6-7-30-9-8-29-2/h3-5,10-12,19H,6-9,13-14H2,1-2H3,(H2,25,26,28). The first-order valence-corrected chi connectivity index (χ1v) is 10.6. The molecule has 0 spiro atoms. The van der Waals surface area contributed by atoms with Crippen LogP contribution in [0.1, 0.15) is 22.6 Å². The number of nitrogens with zero attached hydrogens (tertiary/aromatic N) is 1. The number of benzene rings is 2. The van der Waals surface area contributed by atoms with Crippen LogP contribution in [0.5, 0.6) is 0 Å². The normalized spacial score (nSPS) is 16.2. The zero-order chi connectivity index (χ0) is 21.5. The zero-order valence-electron chi connectivity index (χ0n) is 17.2. The number of hydrogen-bond donors (Lipinski definition) is 2. The minimum absolute atomic E-state index is 0.119. The number of ether oxygens (including phenoxy) is 2. The van der Waals surface area contributed by atoms with Gasteiger partial charge in [-0.3, -0.25) is 0 Å². The second kappa shape index (κ2) is 11.0. The fourth-order valence-corrected chi connectivity index (χ4v) is 4.19. The van der Waals surface area contributed by atoms with E-state index in [9.17, 15) is 4.79 Å². The summed E-state index contributed by atoms with van der Waals surface area (Å²) >= 11 is 12.7. The highest BCUT2D eigenvalue weighted by atomic mass is 35.5. The largest absolute Gasteiger partial charge is 0.382 e. The van der Waals surface area contributed by atoms with E-state index < -0.39 is 0 Å². The Morgan fingerprint density at radius 2 is 2.03 bits per heavy atom. The second-order valence-electron chi connectivity index (χ2n) is 7.32. The highest BCUT2D eigenvalue weighted by molar-refractivity contribution is 6.35. The summed E-state index contributed by atoms with van der Waals surface area (Å²) in [5, 5.41) is 7.00. The molecule has 0 saturated carbocycles. The number of fused-ring (bicyclic) bond motifs is 1. The molecule has 3 rings (SSSR count). The first-order valence-electron chi connectivity index (χ1n) is 9.85. The summed E-state index contributed by atoms with van der Waals surface area (Å²) < 4.78 is 10.3. The van der Waals surface area contributed by atoms with Crippen LogP contribution in [0.4, 0.5) is 10.5 Å². The van der Waals surface area contributed by atoms with Crippen molar-refractivity contribution < 1.29 is 14.3 Å². The summed E-state index contributed by atoms with van der Waals surface area (Å²) in [6.45, 7) is 3.53. The summed E-state index contributed by atoms with van der Waals surface area (Å²) in [5.41, 5.74) is 4.07. The van der Waals surface area contributed by atoms with Crippen molar-refractivity contribution in [1.82, 2.24) is 10.2 Å². The average molecular weight is 452 g/mol. The third-order valence-electron chi connectivity index (χ3n) is 5.00. The van der Waals surface area contributed by atoms with Crippen molar-refractivity contribution in [1.29, 1.82) is 0 Å². The van der Waals surface area contributed by atoms with Crippen LogP contribution in [-0.4, -0.2) is 58.0 Å². The Balaban J connectivity index is 1.67. The number of carbonyl (C=O) groups excluding carboxylic acids is 1. The Hall–Kier alpha value is -1.83. The van der Waals surface area contributed by atoms with E-state index in [1.54, 1.807) is 13.2 Å². The monoisotopic (exact) mass is 451 g/mol. The number of halogens is 2. The molecule has 1 unspecified atom stereocenters. The number of amides is 2. The van der Waals surface area contributed by atoms with Gasteiger partial charge in [-0.2, -0.15) is 0 Å². The number of carbonyl (C=O) groups is 1. The second-order valence-corrected chi connectivity index (χ2v) is 8.16. The Bertz CT molecular complexity index is 879. The molecule has 1 atom stereocenters. The highest BCUT2D eigenvalue weighted by Crippen LogP contribution is 2.38. The molecule has 0 fully saturated rings. The molecule has 1 aliphatic heterocycles. The number of methoxy groups -OCH3 is 1. The van der Waals surface area contributed by atoms with Crippen LogP contribution >= 0.6 is 23.2 Å².